The Morgan fingerprint density at radius 2 is 2.13 bits per heavy atom. The van der Waals surface area contributed by atoms with Crippen LogP contribution in [0.2, 0.25) is 4.34 Å². The Kier molecular flexibility index (Phi) is 4.78. The molecule has 0 saturated heterocycles. The Bertz CT molecular complexity index is 359. The lowest BCUT2D eigenvalue weighted by Crippen LogP contribution is -2.07. The van der Waals surface area contributed by atoms with Crippen molar-refractivity contribution in [1.29, 1.82) is 0 Å². The van der Waals surface area contributed by atoms with E-state index in [9.17, 15) is 9.59 Å². The fourth-order valence-electron chi connectivity index (χ4n) is 1.04. The van der Waals surface area contributed by atoms with Crippen LogP contribution in [0.1, 0.15) is 29.4 Å². The number of ketones is 1. The number of carbonyl (C=O) groups is 2. The van der Waals surface area contributed by atoms with Gasteiger partial charge in [0, 0.05) is 6.42 Å². The summed E-state index contributed by atoms with van der Waals surface area (Å²) in [6.07, 6.45) is 0.303. The first-order chi connectivity index (χ1) is 7.13. The van der Waals surface area contributed by atoms with E-state index >= 15 is 0 Å². The van der Waals surface area contributed by atoms with Crippen molar-refractivity contribution in [3.05, 3.63) is 21.3 Å². The molecule has 1 rings (SSSR count). The minimum atomic E-state index is -0.339. The topological polar surface area (TPSA) is 43.4 Å². The minimum Gasteiger partial charge on any atom is -0.466 e. The van der Waals surface area contributed by atoms with Gasteiger partial charge in [-0.05, 0) is 19.1 Å². The molecular formula is C10H11ClO3S. The highest BCUT2D eigenvalue weighted by Crippen LogP contribution is 2.22. The molecule has 3 nitrogen and oxygen atoms in total. The predicted molar refractivity (Wildman–Crippen MR) is 59.5 cm³/mol. The number of Topliss-reactive ketones (excluding diaryl/α,β-unsaturated/α-hetero) is 1. The number of hydrogen-bond acceptors (Lipinski definition) is 4. The molecular weight excluding hydrogens is 236 g/mol. The Hall–Kier alpha value is -0.870. The van der Waals surface area contributed by atoms with Gasteiger partial charge in [0.2, 0.25) is 0 Å². The second-order valence-corrected chi connectivity index (χ2v) is 4.55. The maximum absolute atomic E-state index is 11.5. The summed E-state index contributed by atoms with van der Waals surface area (Å²) in [7, 11) is 0. The lowest BCUT2D eigenvalue weighted by molar-refractivity contribution is -0.143. The molecule has 0 atom stereocenters. The highest BCUT2D eigenvalue weighted by Gasteiger charge is 2.11. The average molecular weight is 247 g/mol. The van der Waals surface area contributed by atoms with Crippen molar-refractivity contribution in [1.82, 2.24) is 0 Å². The number of hydrogen-bond donors (Lipinski definition) is 0. The molecule has 0 amide bonds. The second kappa shape index (κ2) is 5.88. The third-order valence-corrected chi connectivity index (χ3v) is 2.98. The van der Waals surface area contributed by atoms with Gasteiger partial charge < -0.3 is 4.74 Å². The zero-order valence-corrected chi connectivity index (χ0v) is 9.86. The normalized spacial score (nSPS) is 10.0. The van der Waals surface area contributed by atoms with Gasteiger partial charge >= 0.3 is 5.97 Å². The maximum Gasteiger partial charge on any atom is 0.306 e. The van der Waals surface area contributed by atoms with Crippen LogP contribution in [0.5, 0.6) is 0 Å². The van der Waals surface area contributed by atoms with Crippen LogP contribution in [0, 0.1) is 0 Å². The molecule has 1 aromatic rings. The first-order valence-corrected chi connectivity index (χ1v) is 5.77. The van der Waals surface area contributed by atoms with E-state index in [-0.39, 0.29) is 24.6 Å². The van der Waals surface area contributed by atoms with E-state index < -0.39 is 0 Å². The quantitative estimate of drug-likeness (QED) is 0.593. The Morgan fingerprint density at radius 3 is 2.67 bits per heavy atom. The van der Waals surface area contributed by atoms with Gasteiger partial charge in [-0.3, -0.25) is 9.59 Å². The van der Waals surface area contributed by atoms with Gasteiger partial charge in [-0.2, -0.15) is 0 Å². The summed E-state index contributed by atoms with van der Waals surface area (Å²) in [6, 6.07) is 3.34. The molecule has 0 aliphatic carbocycles. The standard InChI is InChI=1S/C10H11ClO3S/c1-2-14-10(13)6-3-7(12)8-4-5-9(11)15-8/h4-5H,2-3,6H2,1H3. The van der Waals surface area contributed by atoms with Crippen LogP contribution >= 0.6 is 22.9 Å². The molecule has 0 spiro atoms. The highest BCUT2D eigenvalue weighted by atomic mass is 35.5. The van der Waals surface area contributed by atoms with Gasteiger partial charge in [-0.25, -0.2) is 0 Å². The molecule has 0 saturated carbocycles. The van der Waals surface area contributed by atoms with Crippen molar-refractivity contribution in [3.8, 4) is 0 Å². The van der Waals surface area contributed by atoms with Crippen molar-refractivity contribution in [2.75, 3.05) is 6.61 Å². The van der Waals surface area contributed by atoms with E-state index in [0.717, 1.165) is 0 Å². The van der Waals surface area contributed by atoms with Crippen molar-refractivity contribution in [3.63, 3.8) is 0 Å². The lowest BCUT2D eigenvalue weighted by atomic mass is 10.2. The van der Waals surface area contributed by atoms with E-state index in [1.165, 1.54) is 11.3 Å². The first-order valence-electron chi connectivity index (χ1n) is 4.57. The van der Waals surface area contributed by atoms with Crippen molar-refractivity contribution >= 4 is 34.7 Å². The third-order valence-electron chi connectivity index (χ3n) is 1.71. The molecule has 0 aliphatic rings. The predicted octanol–water partition coefficient (Wildman–Crippen LogP) is 2.93. The first kappa shape index (κ1) is 12.2. The SMILES string of the molecule is CCOC(=O)CCC(=O)c1ccc(Cl)s1. The molecule has 0 bridgehead atoms. The fraction of sp³-hybridized carbons (Fsp3) is 0.400. The molecule has 1 aromatic heterocycles. The zero-order chi connectivity index (χ0) is 11.3. The van der Waals surface area contributed by atoms with Gasteiger partial charge in [-0.1, -0.05) is 11.6 Å². The Labute approximate surface area is 97.0 Å². The third kappa shape index (κ3) is 4.01. The lowest BCUT2D eigenvalue weighted by Gasteiger charge is -1.99. The van der Waals surface area contributed by atoms with E-state index in [1.807, 2.05) is 0 Å². The Balaban J connectivity index is 2.40. The summed E-state index contributed by atoms with van der Waals surface area (Å²) in [5.41, 5.74) is 0. The van der Waals surface area contributed by atoms with Crippen LogP contribution in [0.25, 0.3) is 0 Å². The Morgan fingerprint density at radius 1 is 1.40 bits per heavy atom. The van der Waals surface area contributed by atoms with E-state index in [1.54, 1.807) is 19.1 Å². The van der Waals surface area contributed by atoms with Crippen LogP contribution < -0.4 is 0 Å². The number of halogens is 1. The summed E-state index contributed by atoms with van der Waals surface area (Å²) in [5, 5.41) is 0. The highest BCUT2D eigenvalue weighted by molar-refractivity contribution is 7.18. The average Bonchev–Trinajstić information content (AvgIpc) is 2.62. The minimum absolute atomic E-state index is 0.0695. The van der Waals surface area contributed by atoms with Gasteiger partial charge in [0.25, 0.3) is 0 Å². The smallest absolute Gasteiger partial charge is 0.306 e. The monoisotopic (exact) mass is 246 g/mol. The van der Waals surface area contributed by atoms with Gasteiger partial charge in [0.05, 0.1) is 22.2 Å². The van der Waals surface area contributed by atoms with E-state index in [0.29, 0.717) is 15.8 Å². The molecule has 0 fully saturated rings. The molecule has 15 heavy (non-hydrogen) atoms. The zero-order valence-electron chi connectivity index (χ0n) is 8.29. The molecule has 1 heterocycles. The summed E-state index contributed by atoms with van der Waals surface area (Å²) in [6.45, 7) is 2.08. The van der Waals surface area contributed by atoms with Gasteiger partial charge in [0.15, 0.2) is 5.78 Å². The van der Waals surface area contributed by atoms with Gasteiger partial charge in [0.1, 0.15) is 0 Å². The van der Waals surface area contributed by atoms with Crippen molar-refractivity contribution in [2.24, 2.45) is 0 Å². The number of ether oxygens (including phenoxy) is 1. The molecule has 82 valence electrons. The molecule has 0 aromatic carbocycles. The summed E-state index contributed by atoms with van der Waals surface area (Å²) in [4.78, 5) is 23.1. The molecule has 5 heteroatoms. The molecule has 0 aliphatic heterocycles. The maximum atomic E-state index is 11.5. The number of esters is 1. The van der Waals surface area contributed by atoms with Gasteiger partial charge in [-0.15, -0.1) is 11.3 Å². The van der Waals surface area contributed by atoms with Crippen molar-refractivity contribution in [2.45, 2.75) is 19.8 Å². The van der Waals surface area contributed by atoms with Crippen LogP contribution in [0.15, 0.2) is 12.1 Å². The van der Waals surface area contributed by atoms with E-state index in [4.69, 9.17) is 16.3 Å². The largest absolute Gasteiger partial charge is 0.466 e. The van der Waals surface area contributed by atoms with Crippen LogP contribution in [0.3, 0.4) is 0 Å². The fourth-order valence-corrected chi connectivity index (χ4v) is 2.05. The molecule has 0 unspecified atom stereocenters. The van der Waals surface area contributed by atoms with Crippen LogP contribution in [-0.4, -0.2) is 18.4 Å². The second-order valence-electron chi connectivity index (χ2n) is 2.83. The van der Waals surface area contributed by atoms with Crippen LogP contribution in [0.4, 0.5) is 0 Å². The number of rotatable bonds is 5. The number of carbonyl (C=O) groups excluding carboxylic acids is 2. The molecule has 0 N–H and O–H groups in total. The summed E-state index contributed by atoms with van der Waals surface area (Å²) >= 11 is 6.92. The van der Waals surface area contributed by atoms with Crippen molar-refractivity contribution < 1.29 is 14.3 Å². The molecule has 0 radical (unpaired) electrons. The number of thiophene rings is 1. The van der Waals surface area contributed by atoms with E-state index in [2.05, 4.69) is 0 Å². The summed E-state index contributed by atoms with van der Waals surface area (Å²) < 4.78 is 5.30. The summed E-state index contributed by atoms with van der Waals surface area (Å²) in [5.74, 6) is -0.409. The van der Waals surface area contributed by atoms with Crippen LogP contribution in [-0.2, 0) is 9.53 Å².